The number of piperidine rings is 1. The highest BCUT2D eigenvalue weighted by Gasteiger charge is 2.31. The monoisotopic (exact) mass is 452 g/mol. The molecule has 0 saturated carbocycles. The van der Waals surface area contributed by atoms with Crippen LogP contribution in [0.5, 0.6) is 5.75 Å². The number of hydrogen-bond acceptors (Lipinski definition) is 5. The number of methoxy groups -OCH3 is 1. The summed E-state index contributed by atoms with van der Waals surface area (Å²) in [5.41, 5.74) is 1.24. The summed E-state index contributed by atoms with van der Waals surface area (Å²) in [6, 6.07) is 4.76. The van der Waals surface area contributed by atoms with Crippen LogP contribution in [0.25, 0.3) is 0 Å². The van der Waals surface area contributed by atoms with E-state index < -0.39 is 12.2 Å². The van der Waals surface area contributed by atoms with E-state index >= 15 is 0 Å². The number of rotatable bonds is 7. The van der Waals surface area contributed by atoms with Crippen molar-refractivity contribution >= 4 is 17.5 Å². The molecule has 0 spiro atoms. The van der Waals surface area contributed by atoms with Gasteiger partial charge in [-0.1, -0.05) is 31.5 Å². The summed E-state index contributed by atoms with van der Waals surface area (Å²) in [5, 5.41) is 3.16. The number of hydrogen-bond donors (Lipinski definition) is 1. The summed E-state index contributed by atoms with van der Waals surface area (Å²) in [6.45, 7) is 6.37. The smallest absolute Gasteiger partial charge is 0.297 e. The van der Waals surface area contributed by atoms with E-state index in [-0.39, 0.29) is 28.9 Å². The van der Waals surface area contributed by atoms with Crippen molar-refractivity contribution in [3.05, 3.63) is 52.6 Å². The summed E-state index contributed by atoms with van der Waals surface area (Å²) < 4.78 is 30.9. The lowest BCUT2D eigenvalue weighted by Gasteiger charge is -2.41. The van der Waals surface area contributed by atoms with Crippen molar-refractivity contribution in [1.29, 1.82) is 0 Å². The summed E-state index contributed by atoms with van der Waals surface area (Å²) in [4.78, 5) is 22.6. The van der Waals surface area contributed by atoms with Crippen molar-refractivity contribution in [2.75, 3.05) is 26.7 Å². The zero-order valence-corrected chi connectivity index (χ0v) is 18.6. The largest absolute Gasteiger partial charge is 0.495 e. The summed E-state index contributed by atoms with van der Waals surface area (Å²) in [6.07, 6.45) is 2.11. The molecule has 1 aromatic heterocycles. The molecule has 0 radical (unpaired) electrons. The van der Waals surface area contributed by atoms with Crippen LogP contribution in [0.3, 0.4) is 0 Å². The highest BCUT2D eigenvalue weighted by molar-refractivity contribution is 6.35. The Labute approximate surface area is 186 Å². The van der Waals surface area contributed by atoms with Crippen molar-refractivity contribution in [3.8, 4) is 5.75 Å². The van der Waals surface area contributed by atoms with E-state index in [9.17, 15) is 13.6 Å². The minimum Gasteiger partial charge on any atom is -0.495 e. The van der Waals surface area contributed by atoms with Crippen LogP contribution in [0.4, 0.5) is 8.78 Å². The number of carbonyl (C=O) groups is 1. The van der Waals surface area contributed by atoms with Crippen LogP contribution < -0.4 is 10.1 Å². The Kier molecular flexibility index (Phi) is 7.43. The first-order valence-corrected chi connectivity index (χ1v) is 10.5. The number of halogens is 3. The first-order valence-electron chi connectivity index (χ1n) is 10.2. The Morgan fingerprint density at radius 1 is 1.26 bits per heavy atom. The lowest BCUT2D eigenvalue weighted by molar-refractivity contribution is 0.0824. The summed E-state index contributed by atoms with van der Waals surface area (Å²) >= 11 is 6.28. The highest BCUT2D eigenvalue weighted by atomic mass is 35.5. The third-order valence-electron chi connectivity index (χ3n) is 5.75. The Hall–Kier alpha value is -2.32. The highest BCUT2D eigenvalue weighted by Crippen LogP contribution is 2.34. The summed E-state index contributed by atoms with van der Waals surface area (Å²) in [5.74, 6) is -0.425. The second-order valence-corrected chi connectivity index (χ2v) is 8.80. The predicted octanol–water partition coefficient (Wildman–Crippen LogP) is 4.67. The molecule has 1 amide bonds. The molecule has 1 unspecified atom stereocenters. The van der Waals surface area contributed by atoms with Crippen molar-refractivity contribution in [2.24, 2.45) is 5.41 Å². The number of benzene rings is 1. The zero-order valence-electron chi connectivity index (χ0n) is 17.9. The number of likely N-dealkylation sites (tertiary alicyclic amines) is 1. The van der Waals surface area contributed by atoms with Crippen LogP contribution in [0.2, 0.25) is 5.02 Å². The first-order chi connectivity index (χ1) is 14.7. The van der Waals surface area contributed by atoms with Crippen molar-refractivity contribution in [2.45, 2.75) is 39.2 Å². The minimum absolute atomic E-state index is 0.239. The second-order valence-electron chi connectivity index (χ2n) is 8.42. The molecule has 3 rings (SSSR count). The molecule has 1 aliphatic heterocycles. The standard InChI is InChI=1S/C22H27ClF2N4O2/c1-22(2)7-9-29(10-8-22)16(14-11-26-20(19(24)25)27-12-14)13-28-21(30)15-5-4-6-17(31-3)18(15)23/h4-6,11-12,16,19H,7-10,13H2,1-3H3,(H,28,30). The molecule has 1 saturated heterocycles. The van der Waals surface area contributed by atoms with E-state index in [1.165, 1.54) is 19.5 Å². The molecular weight excluding hydrogens is 426 g/mol. The van der Waals surface area contributed by atoms with Gasteiger partial charge in [-0.15, -0.1) is 0 Å². The number of ether oxygens (including phenoxy) is 1. The first kappa shape index (κ1) is 23.3. The molecule has 2 aromatic rings. The van der Waals surface area contributed by atoms with Crippen LogP contribution in [-0.4, -0.2) is 47.5 Å². The number of nitrogens with zero attached hydrogens (tertiary/aromatic N) is 3. The molecule has 1 N–H and O–H groups in total. The maximum Gasteiger partial charge on any atom is 0.297 e. The molecule has 0 bridgehead atoms. The van der Waals surface area contributed by atoms with E-state index in [0.29, 0.717) is 16.9 Å². The third kappa shape index (κ3) is 5.68. The Balaban J connectivity index is 1.79. The van der Waals surface area contributed by atoms with Gasteiger partial charge in [0.2, 0.25) is 0 Å². The quantitative estimate of drug-likeness (QED) is 0.661. The molecular formula is C22H27ClF2N4O2. The fourth-order valence-electron chi connectivity index (χ4n) is 3.66. The van der Waals surface area contributed by atoms with E-state index in [1.807, 2.05) is 0 Å². The molecule has 1 aromatic carbocycles. The average Bonchev–Trinajstić information content (AvgIpc) is 2.75. The SMILES string of the molecule is COc1cccc(C(=O)NCC(c2cnc(C(F)F)nc2)N2CCC(C)(C)CC2)c1Cl. The number of amides is 1. The minimum atomic E-state index is -2.72. The van der Waals surface area contributed by atoms with Gasteiger partial charge in [-0.05, 0) is 43.5 Å². The van der Waals surface area contributed by atoms with Crippen LogP contribution >= 0.6 is 11.6 Å². The maximum absolute atomic E-state index is 12.9. The van der Waals surface area contributed by atoms with Crippen LogP contribution in [0.1, 0.15) is 60.9 Å². The summed E-state index contributed by atoms with van der Waals surface area (Å²) in [7, 11) is 1.49. The predicted molar refractivity (Wildman–Crippen MR) is 115 cm³/mol. The van der Waals surface area contributed by atoms with E-state index in [1.54, 1.807) is 18.2 Å². The third-order valence-corrected chi connectivity index (χ3v) is 6.14. The van der Waals surface area contributed by atoms with Gasteiger partial charge < -0.3 is 10.1 Å². The van der Waals surface area contributed by atoms with Gasteiger partial charge in [0, 0.05) is 24.5 Å². The van der Waals surface area contributed by atoms with Gasteiger partial charge in [-0.2, -0.15) is 0 Å². The molecule has 168 valence electrons. The lowest BCUT2D eigenvalue weighted by atomic mass is 9.82. The topological polar surface area (TPSA) is 67.3 Å². The molecule has 1 fully saturated rings. The van der Waals surface area contributed by atoms with E-state index in [2.05, 4.69) is 34.0 Å². The normalized spacial score (nSPS) is 17.4. The number of nitrogens with one attached hydrogen (secondary N) is 1. The van der Waals surface area contributed by atoms with Gasteiger partial charge in [-0.25, -0.2) is 18.7 Å². The second kappa shape index (κ2) is 9.87. The van der Waals surface area contributed by atoms with E-state index in [0.717, 1.165) is 25.9 Å². The molecule has 1 atom stereocenters. The molecule has 0 aliphatic carbocycles. The van der Waals surface area contributed by atoms with Crippen molar-refractivity contribution in [3.63, 3.8) is 0 Å². The Bertz CT molecular complexity index is 899. The Morgan fingerprint density at radius 3 is 2.48 bits per heavy atom. The van der Waals surface area contributed by atoms with E-state index in [4.69, 9.17) is 16.3 Å². The maximum atomic E-state index is 12.9. The van der Waals surface area contributed by atoms with Gasteiger partial charge in [0.05, 0.1) is 23.7 Å². The van der Waals surface area contributed by atoms with Gasteiger partial charge >= 0.3 is 0 Å². The number of carbonyl (C=O) groups excluding carboxylic acids is 1. The fraction of sp³-hybridized carbons (Fsp3) is 0.500. The number of alkyl halides is 2. The van der Waals surface area contributed by atoms with Gasteiger partial charge in [0.25, 0.3) is 12.3 Å². The molecule has 1 aliphatic rings. The molecule has 6 nitrogen and oxygen atoms in total. The molecule has 31 heavy (non-hydrogen) atoms. The van der Waals surface area contributed by atoms with Crippen LogP contribution in [0, 0.1) is 5.41 Å². The fourth-order valence-corrected chi connectivity index (χ4v) is 3.95. The van der Waals surface area contributed by atoms with Crippen molar-refractivity contribution in [1.82, 2.24) is 20.2 Å². The van der Waals surface area contributed by atoms with Crippen molar-refractivity contribution < 1.29 is 18.3 Å². The zero-order chi connectivity index (χ0) is 22.6. The van der Waals surface area contributed by atoms with Gasteiger partial charge in [-0.3, -0.25) is 9.69 Å². The van der Waals surface area contributed by atoms with Gasteiger partial charge in [0.1, 0.15) is 5.75 Å². The lowest BCUT2D eigenvalue weighted by Crippen LogP contribution is -2.44. The molecule has 9 heteroatoms. The Morgan fingerprint density at radius 2 is 1.90 bits per heavy atom. The van der Waals surface area contributed by atoms with Gasteiger partial charge in [0.15, 0.2) is 5.82 Å². The number of aromatic nitrogens is 2. The van der Waals surface area contributed by atoms with Crippen LogP contribution in [-0.2, 0) is 0 Å². The molecule has 2 heterocycles. The van der Waals surface area contributed by atoms with Crippen LogP contribution in [0.15, 0.2) is 30.6 Å². The average molecular weight is 453 g/mol.